The minimum Gasteiger partial charge on any atom is -0.392 e. The Balaban J connectivity index is 0.000000200. The van der Waals surface area contributed by atoms with Crippen molar-refractivity contribution >= 4 is 10.1 Å². The van der Waals surface area contributed by atoms with Gasteiger partial charge in [0.25, 0.3) is 10.1 Å². The zero-order chi connectivity index (χ0) is 15.0. The SMILES string of the molecule is N#Cc1ccc(CO)cc1.O=S(=O)(O)c1ccccc1. The molecule has 2 aromatic carbocycles. The van der Waals surface area contributed by atoms with E-state index in [1.165, 1.54) is 12.1 Å². The molecule has 6 heteroatoms. The highest BCUT2D eigenvalue weighted by atomic mass is 32.2. The smallest absolute Gasteiger partial charge is 0.294 e. The van der Waals surface area contributed by atoms with Crippen molar-refractivity contribution in [3.63, 3.8) is 0 Å². The molecule has 2 N–H and O–H groups in total. The molecule has 20 heavy (non-hydrogen) atoms. The fraction of sp³-hybridized carbons (Fsp3) is 0.0714. The van der Waals surface area contributed by atoms with Crippen LogP contribution in [-0.4, -0.2) is 18.1 Å². The van der Waals surface area contributed by atoms with Crippen LogP contribution in [0.5, 0.6) is 0 Å². The molecule has 2 rings (SSSR count). The second-order valence-electron chi connectivity index (χ2n) is 3.75. The summed E-state index contributed by atoms with van der Waals surface area (Å²) in [6, 6.07) is 16.3. The average molecular weight is 291 g/mol. The highest BCUT2D eigenvalue weighted by Gasteiger charge is 2.05. The molecule has 0 atom stereocenters. The van der Waals surface area contributed by atoms with Crippen LogP contribution in [0, 0.1) is 11.3 Å². The van der Waals surface area contributed by atoms with Crippen molar-refractivity contribution in [2.24, 2.45) is 0 Å². The van der Waals surface area contributed by atoms with Crippen molar-refractivity contribution in [3.8, 4) is 6.07 Å². The van der Waals surface area contributed by atoms with E-state index in [0.29, 0.717) is 5.56 Å². The van der Waals surface area contributed by atoms with Crippen LogP contribution >= 0.6 is 0 Å². The predicted octanol–water partition coefficient (Wildman–Crippen LogP) is 1.98. The van der Waals surface area contributed by atoms with Gasteiger partial charge in [0.1, 0.15) is 0 Å². The van der Waals surface area contributed by atoms with Gasteiger partial charge < -0.3 is 5.11 Å². The van der Waals surface area contributed by atoms with Gasteiger partial charge in [0.2, 0.25) is 0 Å². The van der Waals surface area contributed by atoms with E-state index in [-0.39, 0.29) is 11.5 Å². The molecule has 0 spiro atoms. The maximum Gasteiger partial charge on any atom is 0.294 e. The number of nitriles is 1. The van der Waals surface area contributed by atoms with E-state index in [4.69, 9.17) is 14.9 Å². The molecular formula is C14H13NO4S. The maximum absolute atomic E-state index is 10.4. The Labute approximate surface area is 117 Å². The lowest BCUT2D eigenvalue weighted by atomic mass is 10.2. The zero-order valence-electron chi connectivity index (χ0n) is 10.5. The van der Waals surface area contributed by atoms with Crippen LogP contribution in [0.4, 0.5) is 0 Å². The van der Waals surface area contributed by atoms with E-state index in [2.05, 4.69) is 0 Å². The van der Waals surface area contributed by atoms with Crippen LogP contribution in [0.25, 0.3) is 0 Å². The third-order valence-electron chi connectivity index (χ3n) is 2.31. The van der Waals surface area contributed by atoms with E-state index in [9.17, 15) is 8.42 Å². The number of aliphatic hydroxyl groups is 1. The largest absolute Gasteiger partial charge is 0.392 e. The third-order valence-corrected chi connectivity index (χ3v) is 3.17. The molecule has 0 aliphatic rings. The van der Waals surface area contributed by atoms with Gasteiger partial charge >= 0.3 is 0 Å². The number of hydrogen-bond acceptors (Lipinski definition) is 4. The van der Waals surface area contributed by atoms with E-state index in [1.54, 1.807) is 42.5 Å². The number of hydrogen-bond donors (Lipinski definition) is 2. The summed E-state index contributed by atoms with van der Waals surface area (Å²) in [5, 5.41) is 17.0. The predicted molar refractivity (Wildman–Crippen MR) is 73.3 cm³/mol. The van der Waals surface area contributed by atoms with Crippen molar-refractivity contribution in [3.05, 3.63) is 65.7 Å². The Hall–Kier alpha value is -2.20. The van der Waals surface area contributed by atoms with Gasteiger partial charge in [-0.05, 0) is 29.8 Å². The minimum absolute atomic E-state index is 0.0334. The van der Waals surface area contributed by atoms with Crippen molar-refractivity contribution in [1.29, 1.82) is 5.26 Å². The summed E-state index contributed by atoms with van der Waals surface area (Å²) < 4.78 is 29.2. The summed E-state index contributed by atoms with van der Waals surface area (Å²) in [7, 11) is -4.00. The van der Waals surface area contributed by atoms with Gasteiger partial charge in [-0.1, -0.05) is 30.3 Å². The molecule has 0 aliphatic carbocycles. The molecule has 0 saturated heterocycles. The first kappa shape index (κ1) is 15.9. The lowest BCUT2D eigenvalue weighted by molar-refractivity contribution is 0.282. The second-order valence-corrected chi connectivity index (χ2v) is 5.18. The second kappa shape index (κ2) is 7.40. The van der Waals surface area contributed by atoms with Crippen LogP contribution in [0.2, 0.25) is 0 Å². The Morgan fingerprint density at radius 2 is 1.55 bits per heavy atom. The van der Waals surface area contributed by atoms with Gasteiger partial charge in [0.15, 0.2) is 0 Å². The van der Waals surface area contributed by atoms with Crippen LogP contribution in [0.15, 0.2) is 59.5 Å². The lowest BCUT2D eigenvalue weighted by Gasteiger charge is -1.92. The van der Waals surface area contributed by atoms with E-state index >= 15 is 0 Å². The van der Waals surface area contributed by atoms with Crippen LogP contribution < -0.4 is 0 Å². The number of aliphatic hydroxyl groups excluding tert-OH is 1. The van der Waals surface area contributed by atoms with Gasteiger partial charge in [0, 0.05) is 0 Å². The monoisotopic (exact) mass is 291 g/mol. The van der Waals surface area contributed by atoms with Crippen molar-refractivity contribution in [1.82, 2.24) is 0 Å². The van der Waals surface area contributed by atoms with Crippen molar-refractivity contribution < 1.29 is 18.1 Å². The topological polar surface area (TPSA) is 98.4 Å². The fourth-order valence-corrected chi connectivity index (χ4v) is 1.78. The fourth-order valence-electron chi connectivity index (χ4n) is 1.28. The van der Waals surface area contributed by atoms with Gasteiger partial charge in [-0.15, -0.1) is 0 Å². The van der Waals surface area contributed by atoms with Gasteiger partial charge in [-0.2, -0.15) is 13.7 Å². The summed E-state index contributed by atoms with van der Waals surface area (Å²) in [6.07, 6.45) is 0. The molecule has 0 fully saturated rings. The summed E-state index contributed by atoms with van der Waals surface area (Å²) in [6.45, 7) is 0.0334. The number of benzene rings is 2. The summed E-state index contributed by atoms with van der Waals surface area (Å²) >= 11 is 0. The molecule has 0 bridgehead atoms. The normalized spacial score (nSPS) is 10.1. The molecule has 5 nitrogen and oxygen atoms in total. The summed E-state index contributed by atoms with van der Waals surface area (Å²) in [5.41, 5.74) is 1.45. The Morgan fingerprint density at radius 3 is 1.90 bits per heavy atom. The number of nitrogens with zero attached hydrogens (tertiary/aromatic N) is 1. The molecule has 0 aliphatic heterocycles. The van der Waals surface area contributed by atoms with Crippen LogP contribution in [0.1, 0.15) is 11.1 Å². The standard InChI is InChI=1S/C8H7NO.C6H6O3S/c9-5-7-1-3-8(6-10)4-2-7;7-10(8,9)6-4-2-1-3-5-6/h1-4,10H,6H2;1-5H,(H,7,8,9). The molecule has 0 amide bonds. The molecule has 0 saturated carbocycles. The van der Waals surface area contributed by atoms with E-state index in [0.717, 1.165) is 5.56 Å². The zero-order valence-corrected chi connectivity index (χ0v) is 11.3. The van der Waals surface area contributed by atoms with Gasteiger partial charge in [-0.25, -0.2) is 0 Å². The first-order valence-corrected chi connectivity index (χ1v) is 7.04. The lowest BCUT2D eigenvalue weighted by Crippen LogP contribution is -1.96. The van der Waals surface area contributed by atoms with Gasteiger partial charge in [-0.3, -0.25) is 4.55 Å². The minimum atomic E-state index is -4.00. The first-order valence-electron chi connectivity index (χ1n) is 5.60. The molecule has 0 aromatic heterocycles. The highest BCUT2D eigenvalue weighted by Crippen LogP contribution is 2.05. The van der Waals surface area contributed by atoms with Crippen LogP contribution in [0.3, 0.4) is 0 Å². The first-order chi connectivity index (χ1) is 9.47. The molecule has 0 radical (unpaired) electrons. The van der Waals surface area contributed by atoms with Crippen molar-refractivity contribution in [2.45, 2.75) is 11.5 Å². The third kappa shape index (κ3) is 5.20. The highest BCUT2D eigenvalue weighted by molar-refractivity contribution is 7.85. The Morgan fingerprint density at radius 1 is 1.00 bits per heavy atom. The molecular weight excluding hydrogens is 278 g/mol. The quantitative estimate of drug-likeness (QED) is 0.824. The van der Waals surface area contributed by atoms with E-state index < -0.39 is 10.1 Å². The molecule has 104 valence electrons. The van der Waals surface area contributed by atoms with Crippen LogP contribution in [-0.2, 0) is 16.7 Å². The Kier molecular flexibility index (Phi) is 5.87. The van der Waals surface area contributed by atoms with E-state index in [1.807, 2.05) is 6.07 Å². The van der Waals surface area contributed by atoms with Crippen molar-refractivity contribution in [2.75, 3.05) is 0 Å². The summed E-state index contributed by atoms with van der Waals surface area (Å²) in [4.78, 5) is -0.0741. The van der Waals surface area contributed by atoms with Gasteiger partial charge in [0.05, 0.1) is 23.1 Å². The Bertz CT molecular complexity index is 673. The molecule has 0 heterocycles. The molecule has 2 aromatic rings. The average Bonchev–Trinajstić information content (AvgIpc) is 2.48. The number of rotatable bonds is 2. The summed E-state index contributed by atoms with van der Waals surface area (Å²) in [5.74, 6) is 0. The maximum atomic E-state index is 10.4. The molecule has 0 unspecified atom stereocenters.